The lowest BCUT2D eigenvalue weighted by atomic mass is 10.0. The van der Waals surface area contributed by atoms with E-state index in [9.17, 15) is 4.79 Å². The minimum Gasteiger partial charge on any atom is -0.324 e. The van der Waals surface area contributed by atoms with E-state index < -0.39 is 0 Å². The molecule has 2 N–H and O–H groups in total. The van der Waals surface area contributed by atoms with Crippen molar-refractivity contribution in [3.63, 3.8) is 0 Å². The quantitative estimate of drug-likeness (QED) is 0.872. The molecule has 1 aromatic rings. The number of anilines is 1. The van der Waals surface area contributed by atoms with E-state index in [1.807, 2.05) is 18.2 Å². The highest BCUT2D eigenvalue weighted by Gasteiger charge is 2.27. The van der Waals surface area contributed by atoms with Crippen molar-refractivity contribution in [2.75, 3.05) is 26.0 Å². The maximum Gasteiger partial charge on any atom is 0.241 e. The molecular weight excluding hydrogens is 262 g/mol. The molecule has 0 saturated heterocycles. The van der Waals surface area contributed by atoms with Crippen LogP contribution in [0.4, 0.5) is 5.69 Å². The number of rotatable bonds is 5. The zero-order valence-corrected chi connectivity index (χ0v) is 13.5. The Hall–Kier alpha value is -1.39. The number of carbonyl (C=O) groups excluding carboxylic acids is 1. The third-order valence-electron chi connectivity index (χ3n) is 4.08. The molecule has 0 saturated carbocycles. The molecule has 0 spiro atoms. The van der Waals surface area contributed by atoms with Crippen molar-refractivity contribution < 1.29 is 4.79 Å². The Morgan fingerprint density at radius 2 is 2.05 bits per heavy atom. The van der Waals surface area contributed by atoms with Crippen LogP contribution >= 0.6 is 0 Å². The summed E-state index contributed by atoms with van der Waals surface area (Å²) >= 11 is 0. The lowest BCUT2D eigenvalue weighted by Crippen LogP contribution is -2.51. The topological polar surface area (TPSA) is 44.4 Å². The fraction of sp³-hybridized carbons (Fsp3) is 0.588. The van der Waals surface area contributed by atoms with Crippen LogP contribution in [0, 0.1) is 5.92 Å². The van der Waals surface area contributed by atoms with Crippen molar-refractivity contribution in [3.05, 3.63) is 29.8 Å². The van der Waals surface area contributed by atoms with Crippen LogP contribution in [-0.2, 0) is 11.2 Å². The second kappa shape index (κ2) is 7.05. The molecule has 2 atom stereocenters. The maximum absolute atomic E-state index is 12.4. The first kappa shape index (κ1) is 16.0. The van der Waals surface area contributed by atoms with Gasteiger partial charge in [-0.1, -0.05) is 32.0 Å². The number of likely N-dealkylation sites (N-methyl/N-ethyl adjacent to an activating group) is 1. The fourth-order valence-corrected chi connectivity index (χ4v) is 2.78. The Bertz CT molecular complexity index is 485. The number of hydrogen-bond donors (Lipinski definition) is 2. The van der Waals surface area contributed by atoms with Gasteiger partial charge in [0.2, 0.25) is 5.91 Å². The third-order valence-corrected chi connectivity index (χ3v) is 4.08. The van der Waals surface area contributed by atoms with Gasteiger partial charge in [0.05, 0.1) is 6.04 Å². The largest absolute Gasteiger partial charge is 0.324 e. The summed E-state index contributed by atoms with van der Waals surface area (Å²) in [6.45, 7) is 5.34. The predicted molar refractivity (Wildman–Crippen MR) is 87.5 cm³/mol. The van der Waals surface area contributed by atoms with Crippen LogP contribution in [-0.4, -0.2) is 43.5 Å². The molecule has 0 radical (unpaired) electrons. The number of benzene rings is 1. The van der Waals surface area contributed by atoms with Crippen LogP contribution in [0.15, 0.2) is 24.3 Å². The van der Waals surface area contributed by atoms with E-state index in [4.69, 9.17) is 0 Å². The molecule has 1 heterocycles. The molecule has 116 valence electrons. The van der Waals surface area contributed by atoms with Gasteiger partial charge in [0, 0.05) is 18.3 Å². The van der Waals surface area contributed by atoms with Gasteiger partial charge in [0.15, 0.2) is 0 Å². The molecule has 1 amide bonds. The number of aryl methyl sites for hydroxylation is 1. The molecule has 2 unspecified atom stereocenters. The van der Waals surface area contributed by atoms with E-state index in [0.717, 1.165) is 25.1 Å². The summed E-state index contributed by atoms with van der Waals surface area (Å²) in [6, 6.07) is 8.27. The van der Waals surface area contributed by atoms with Crippen LogP contribution in [0.2, 0.25) is 0 Å². The van der Waals surface area contributed by atoms with E-state index in [1.165, 1.54) is 5.56 Å². The van der Waals surface area contributed by atoms with Crippen LogP contribution in [0.25, 0.3) is 0 Å². The molecule has 2 rings (SSSR count). The zero-order chi connectivity index (χ0) is 15.4. The second-order valence-corrected chi connectivity index (χ2v) is 6.52. The Labute approximate surface area is 127 Å². The van der Waals surface area contributed by atoms with E-state index in [2.05, 4.69) is 49.5 Å². The van der Waals surface area contributed by atoms with Gasteiger partial charge in [-0.2, -0.15) is 0 Å². The molecular formula is C17H27N3O. The minimum absolute atomic E-state index is 0.0874. The Kier molecular flexibility index (Phi) is 5.37. The first-order valence-corrected chi connectivity index (χ1v) is 7.77. The average Bonchev–Trinajstić information content (AvgIpc) is 2.57. The number of para-hydroxylation sites is 1. The van der Waals surface area contributed by atoms with Crippen molar-refractivity contribution in [2.45, 2.75) is 38.8 Å². The lowest BCUT2D eigenvalue weighted by Gasteiger charge is -2.29. The van der Waals surface area contributed by atoms with Gasteiger partial charge in [-0.15, -0.1) is 0 Å². The smallest absolute Gasteiger partial charge is 0.241 e. The molecule has 0 bridgehead atoms. The van der Waals surface area contributed by atoms with Crippen molar-refractivity contribution >= 4 is 11.6 Å². The highest BCUT2D eigenvalue weighted by Crippen LogP contribution is 2.22. The number of hydrogen-bond acceptors (Lipinski definition) is 3. The number of carbonyl (C=O) groups is 1. The monoisotopic (exact) mass is 289 g/mol. The maximum atomic E-state index is 12.4. The van der Waals surface area contributed by atoms with Gasteiger partial charge in [0.25, 0.3) is 0 Å². The normalized spacial score (nSPS) is 20.1. The molecule has 4 heteroatoms. The molecule has 1 aliphatic heterocycles. The van der Waals surface area contributed by atoms with E-state index in [0.29, 0.717) is 12.0 Å². The van der Waals surface area contributed by atoms with Crippen molar-refractivity contribution in [3.8, 4) is 0 Å². The molecule has 0 aromatic heterocycles. The molecule has 1 aliphatic rings. The summed E-state index contributed by atoms with van der Waals surface area (Å²) in [4.78, 5) is 14.6. The summed E-state index contributed by atoms with van der Waals surface area (Å²) in [6.07, 6.45) is 1.78. The fourth-order valence-electron chi connectivity index (χ4n) is 2.78. The van der Waals surface area contributed by atoms with Gasteiger partial charge < -0.3 is 15.5 Å². The minimum atomic E-state index is -0.121. The SMILES string of the molecule is CC(C)C(CN(C)C)NC1CCc2ccccc2NC1=O. The van der Waals surface area contributed by atoms with Crippen molar-refractivity contribution in [1.29, 1.82) is 0 Å². The lowest BCUT2D eigenvalue weighted by molar-refractivity contribution is -0.118. The summed E-state index contributed by atoms with van der Waals surface area (Å²) in [5.41, 5.74) is 2.18. The number of amides is 1. The Morgan fingerprint density at radius 1 is 1.33 bits per heavy atom. The third kappa shape index (κ3) is 4.29. The highest BCUT2D eigenvalue weighted by molar-refractivity contribution is 5.96. The summed E-state index contributed by atoms with van der Waals surface area (Å²) < 4.78 is 0. The van der Waals surface area contributed by atoms with Crippen LogP contribution in [0.5, 0.6) is 0 Å². The molecule has 0 fully saturated rings. The molecule has 21 heavy (non-hydrogen) atoms. The number of nitrogens with zero attached hydrogens (tertiary/aromatic N) is 1. The van der Waals surface area contributed by atoms with Crippen LogP contribution < -0.4 is 10.6 Å². The molecule has 4 nitrogen and oxygen atoms in total. The van der Waals surface area contributed by atoms with Gasteiger partial charge in [-0.25, -0.2) is 0 Å². The number of nitrogens with one attached hydrogen (secondary N) is 2. The zero-order valence-electron chi connectivity index (χ0n) is 13.5. The van der Waals surface area contributed by atoms with Gasteiger partial charge in [0.1, 0.15) is 0 Å². The highest BCUT2D eigenvalue weighted by atomic mass is 16.2. The first-order chi connectivity index (χ1) is 9.97. The van der Waals surface area contributed by atoms with E-state index >= 15 is 0 Å². The Morgan fingerprint density at radius 3 is 2.71 bits per heavy atom. The van der Waals surface area contributed by atoms with E-state index in [-0.39, 0.29) is 11.9 Å². The summed E-state index contributed by atoms with van der Waals surface area (Å²) in [7, 11) is 4.14. The predicted octanol–water partition coefficient (Wildman–Crippen LogP) is 2.12. The molecule has 0 aliphatic carbocycles. The van der Waals surface area contributed by atoms with Crippen LogP contribution in [0.1, 0.15) is 25.8 Å². The van der Waals surface area contributed by atoms with Gasteiger partial charge in [-0.05, 0) is 44.5 Å². The second-order valence-electron chi connectivity index (χ2n) is 6.52. The first-order valence-electron chi connectivity index (χ1n) is 7.77. The standard InChI is InChI=1S/C17H27N3O/c1-12(2)16(11-20(3)4)18-15-10-9-13-7-5-6-8-14(13)19-17(15)21/h5-8,12,15-16,18H,9-11H2,1-4H3,(H,19,21). The average molecular weight is 289 g/mol. The molecule has 1 aromatic carbocycles. The van der Waals surface area contributed by atoms with Crippen molar-refractivity contribution in [1.82, 2.24) is 10.2 Å². The summed E-state index contributed by atoms with van der Waals surface area (Å²) in [5, 5.41) is 6.61. The summed E-state index contributed by atoms with van der Waals surface area (Å²) in [5.74, 6) is 0.579. The Balaban J connectivity index is 2.06. The van der Waals surface area contributed by atoms with E-state index in [1.54, 1.807) is 0 Å². The van der Waals surface area contributed by atoms with Crippen LogP contribution in [0.3, 0.4) is 0 Å². The number of fused-ring (bicyclic) bond motifs is 1. The van der Waals surface area contributed by atoms with Crippen molar-refractivity contribution in [2.24, 2.45) is 5.92 Å². The van der Waals surface area contributed by atoms with Gasteiger partial charge >= 0.3 is 0 Å². The van der Waals surface area contributed by atoms with Gasteiger partial charge in [-0.3, -0.25) is 4.79 Å².